The first-order valence-corrected chi connectivity index (χ1v) is 10.3. The standard InChI is InChI=1S/C23H29N3O/c27-23(22-18-21(9-12-24-22)25-13-5-2-6-14-25)26-15-10-20(11-16-26)17-19-7-3-1-4-8-19/h1,3-4,7-9,12,18,20H,2,5-6,10-11,13-17H2. The van der Waals surface area contributed by atoms with Gasteiger partial charge in [-0.1, -0.05) is 30.3 Å². The number of aromatic nitrogens is 1. The summed E-state index contributed by atoms with van der Waals surface area (Å²) in [4.78, 5) is 21.7. The molecule has 0 atom stereocenters. The van der Waals surface area contributed by atoms with Gasteiger partial charge < -0.3 is 9.80 Å². The molecule has 2 aliphatic heterocycles. The lowest BCUT2D eigenvalue weighted by Gasteiger charge is -2.32. The molecule has 4 rings (SSSR count). The molecule has 0 unspecified atom stereocenters. The summed E-state index contributed by atoms with van der Waals surface area (Å²) in [5, 5.41) is 0. The fourth-order valence-corrected chi connectivity index (χ4v) is 4.33. The summed E-state index contributed by atoms with van der Waals surface area (Å²) in [6.07, 6.45) is 8.84. The van der Waals surface area contributed by atoms with Crippen LogP contribution in [0.3, 0.4) is 0 Å². The Morgan fingerprint density at radius 3 is 2.44 bits per heavy atom. The van der Waals surface area contributed by atoms with Gasteiger partial charge in [-0.05, 0) is 62.1 Å². The zero-order valence-electron chi connectivity index (χ0n) is 16.0. The molecule has 2 fully saturated rings. The van der Waals surface area contributed by atoms with Crippen LogP contribution in [0.2, 0.25) is 0 Å². The summed E-state index contributed by atoms with van der Waals surface area (Å²) in [5.74, 6) is 0.760. The maximum absolute atomic E-state index is 12.9. The molecule has 0 aliphatic carbocycles. The van der Waals surface area contributed by atoms with Crippen LogP contribution in [0.25, 0.3) is 0 Å². The van der Waals surface area contributed by atoms with Gasteiger partial charge in [-0.3, -0.25) is 9.78 Å². The zero-order chi connectivity index (χ0) is 18.5. The Kier molecular flexibility index (Phi) is 5.71. The van der Waals surface area contributed by atoms with Crippen LogP contribution < -0.4 is 4.90 Å². The Hall–Kier alpha value is -2.36. The van der Waals surface area contributed by atoms with Gasteiger partial charge >= 0.3 is 0 Å². The number of nitrogens with zero attached hydrogens (tertiary/aromatic N) is 3. The van der Waals surface area contributed by atoms with Crippen molar-refractivity contribution < 1.29 is 4.79 Å². The van der Waals surface area contributed by atoms with Crippen molar-refractivity contribution in [3.63, 3.8) is 0 Å². The third-order valence-corrected chi connectivity index (χ3v) is 5.95. The number of carbonyl (C=O) groups is 1. The molecule has 0 saturated carbocycles. The summed E-state index contributed by atoms with van der Waals surface area (Å²) in [6.45, 7) is 3.85. The van der Waals surface area contributed by atoms with E-state index < -0.39 is 0 Å². The van der Waals surface area contributed by atoms with Gasteiger partial charge in [0.05, 0.1) is 0 Å². The van der Waals surface area contributed by atoms with Crippen molar-refractivity contribution in [2.45, 2.75) is 38.5 Å². The number of likely N-dealkylation sites (tertiary alicyclic amines) is 1. The smallest absolute Gasteiger partial charge is 0.272 e. The summed E-state index contributed by atoms with van der Waals surface area (Å²) in [5.41, 5.74) is 3.14. The SMILES string of the molecule is O=C(c1cc(N2CCCCC2)ccn1)N1CCC(Cc2ccccc2)CC1. The lowest BCUT2D eigenvalue weighted by atomic mass is 9.90. The van der Waals surface area contributed by atoms with Crippen LogP contribution in [0.15, 0.2) is 48.7 Å². The Morgan fingerprint density at radius 1 is 0.963 bits per heavy atom. The van der Waals surface area contributed by atoms with Gasteiger partial charge in [0.2, 0.25) is 0 Å². The van der Waals surface area contributed by atoms with Gasteiger partial charge in [0.1, 0.15) is 5.69 Å². The first kappa shape index (κ1) is 18.0. The summed E-state index contributed by atoms with van der Waals surface area (Å²) < 4.78 is 0. The molecule has 0 spiro atoms. The normalized spacial score (nSPS) is 18.5. The van der Waals surface area contributed by atoms with E-state index in [1.54, 1.807) is 6.20 Å². The second-order valence-corrected chi connectivity index (χ2v) is 7.87. The highest BCUT2D eigenvalue weighted by molar-refractivity contribution is 5.93. The zero-order valence-corrected chi connectivity index (χ0v) is 16.0. The largest absolute Gasteiger partial charge is 0.371 e. The highest BCUT2D eigenvalue weighted by Crippen LogP contribution is 2.24. The fraction of sp³-hybridized carbons (Fsp3) is 0.478. The first-order valence-electron chi connectivity index (χ1n) is 10.3. The van der Waals surface area contributed by atoms with Gasteiger partial charge in [-0.25, -0.2) is 0 Å². The molecule has 0 radical (unpaired) electrons. The van der Waals surface area contributed by atoms with E-state index in [-0.39, 0.29) is 5.91 Å². The predicted octanol–water partition coefficient (Wildman–Crippen LogP) is 4.17. The van der Waals surface area contributed by atoms with Crippen LogP contribution in [0.5, 0.6) is 0 Å². The van der Waals surface area contributed by atoms with Crippen LogP contribution in [-0.4, -0.2) is 42.0 Å². The van der Waals surface area contributed by atoms with Crippen LogP contribution in [-0.2, 0) is 6.42 Å². The van der Waals surface area contributed by atoms with E-state index in [1.165, 1.54) is 24.8 Å². The molecular weight excluding hydrogens is 334 g/mol. The van der Waals surface area contributed by atoms with Crippen LogP contribution in [0.1, 0.15) is 48.2 Å². The molecule has 0 bridgehead atoms. The molecule has 1 aromatic carbocycles. The van der Waals surface area contributed by atoms with Crippen LogP contribution in [0, 0.1) is 5.92 Å². The molecule has 2 aliphatic rings. The van der Waals surface area contributed by atoms with Crippen molar-refractivity contribution >= 4 is 11.6 Å². The third kappa shape index (κ3) is 4.49. The molecule has 1 amide bonds. The monoisotopic (exact) mass is 363 g/mol. The quantitative estimate of drug-likeness (QED) is 0.818. The minimum absolute atomic E-state index is 0.0898. The molecule has 1 aromatic heterocycles. The van der Waals surface area contributed by atoms with E-state index in [4.69, 9.17) is 0 Å². The summed E-state index contributed by atoms with van der Waals surface area (Å²) >= 11 is 0. The molecule has 0 N–H and O–H groups in total. The maximum Gasteiger partial charge on any atom is 0.272 e. The van der Waals surface area contributed by atoms with Gasteiger partial charge in [0.15, 0.2) is 0 Å². The van der Waals surface area contributed by atoms with E-state index in [2.05, 4.69) is 40.2 Å². The van der Waals surface area contributed by atoms with E-state index in [0.29, 0.717) is 11.6 Å². The van der Waals surface area contributed by atoms with E-state index in [1.807, 2.05) is 17.0 Å². The number of benzene rings is 1. The molecular formula is C23H29N3O. The molecule has 27 heavy (non-hydrogen) atoms. The van der Waals surface area contributed by atoms with Crippen molar-refractivity contribution in [3.8, 4) is 0 Å². The number of carbonyl (C=O) groups excluding carboxylic acids is 1. The second kappa shape index (κ2) is 8.55. The number of rotatable bonds is 4. The van der Waals surface area contributed by atoms with Gasteiger partial charge in [-0.15, -0.1) is 0 Å². The van der Waals surface area contributed by atoms with Gasteiger partial charge in [0.25, 0.3) is 5.91 Å². The summed E-state index contributed by atoms with van der Waals surface area (Å²) in [6, 6.07) is 14.7. The average Bonchev–Trinajstić information content (AvgIpc) is 2.75. The average molecular weight is 364 g/mol. The van der Waals surface area contributed by atoms with Gasteiger partial charge in [-0.2, -0.15) is 0 Å². The number of hydrogen-bond acceptors (Lipinski definition) is 3. The maximum atomic E-state index is 12.9. The van der Waals surface area contributed by atoms with Crippen LogP contribution in [0.4, 0.5) is 5.69 Å². The Labute approximate surface area is 162 Å². The highest BCUT2D eigenvalue weighted by atomic mass is 16.2. The Morgan fingerprint density at radius 2 is 1.70 bits per heavy atom. The lowest BCUT2D eigenvalue weighted by Crippen LogP contribution is -2.39. The van der Waals surface area contributed by atoms with Crippen molar-refractivity contribution in [2.24, 2.45) is 5.92 Å². The van der Waals surface area contributed by atoms with Crippen molar-refractivity contribution in [3.05, 3.63) is 59.9 Å². The summed E-state index contributed by atoms with van der Waals surface area (Å²) in [7, 11) is 0. The Balaban J connectivity index is 1.35. The van der Waals surface area contributed by atoms with E-state index in [0.717, 1.165) is 51.1 Å². The van der Waals surface area contributed by atoms with Crippen molar-refractivity contribution in [2.75, 3.05) is 31.1 Å². The third-order valence-electron chi connectivity index (χ3n) is 5.95. The van der Waals surface area contributed by atoms with Crippen LogP contribution >= 0.6 is 0 Å². The van der Waals surface area contributed by atoms with Crippen molar-refractivity contribution in [1.82, 2.24) is 9.88 Å². The molecule has 142 valence electrons. The lowest BCUT2D eigenvalue weighted by molar-refractivity contribution is 0.0684. The molecule has 4 nitrogen and oxygen atoms in total. The Bertz CT molecular complexity index is 747. The predicted molar refractivity (Wildman–Crippen MR) is 109 cm³/mol. The van der Waals surface area contributed by atoms with E-state index in [9.17, 15) is 4.79 Å². The molecule has 2 aromatic rings. The minimum atomic E-state index is 0.0898. The second-order valence-electron chi connectivity index (χ2n) is 7.87. The number of piperidine rings is 2. The van der Waals surface area contributed by atoms with Crippen molar-refractivity contribution in [1.29, 1.82) is 0 Å². The number of hydrogen-bond donors (Lipinski definition) is 0. The molecule has 2 saturated heterocycles. The molecule has 4 heteroatoms. The van der Waals surface area contributed by atoms with E-state index >= 15 is 0 Å². The molecule has 3 heterocycles. The topological polar surface area (TPSA) is 36.4 Å². The first-order chi connectivity index (χ1) is 13.3. The number of anilines is 1. The highest BCUT2D eigenvalue weighted by Gasteiger charge is 2.25. The number of pyridine rings is 1. The van der Waals surface area contributed by atoms with Gasteiger partial charge in [0, 0.05) is 38.1 Å². The number of amides is 1. The minimum Gasteiger partial charge on any atom is -0.371 e. The fourth-order valence-electron chi connectivity index (χ4n) is 4.33.